The minimum absolute atomic E-state index is 0.0188. The molecule has 1 aliphatic carbocycles. The molecule has 2 aliphatic rings. The number of nitrogens with one attached hydrogen (secondary N) is 1. The third-order valence-electron chi connectivity index (χ3n) is 8.38. The maximum absolute atomic E-state index is 13.9. The molecule has 43 heavy (non-hydrogen) atoms. The monoisotopic (exact) mass is 644 g/mol. The molecule has 2 fully saturated rings. The molecule has 3 aromatic heterocycles. The average Bonchev–Trinajstić information content (AvgIpc) is 3.32. The van der Waals surface area contributed by atoms with Crippen molar-refractivity contribution in [2.24, 2.45) is 5.41 Å². The number of Topliss-reactive ketones (excluding diaryl/α,β-unsaturated/α-hetero) is 1. The molecule has 222 valence electrons. The van der Waals surface area contributed by atoms with Gasteiger partial charge in [0, 0.05) is 48.4 Å². The van der Waals surface area contributed by atoms with E-state index in [2.05, 4.69) is 48.2 Å². The van der Waals surface area contributed by atoms with Crippen LogP contribution in [0.4, 0.5) is 5.82 Å². The number of amides is 2. The molecule has 0 bridgehead atoms. The molecular weight excluding hydrogens is 612 g/mol. The fourth-order valence-corrected chi connectivity index (χ4v) is 6.40. The van der Waals surface area contributed by atoms with Crippen molar-refractivity contribution in [2.75, 3.05) is 19.4 Å². The van der Waals surface area contributed by atoms with Crippen LogP contribution in [0.5, 0.6) is 0 Å². The van der Waals surface area contributed by atoms with Crippen LogP contribution in [-0.4, -0.2) is 78.3 Å². The van der Waals surface area contributed by atoms with Crippen molar-refractivity contribution < 1.29 is 14.4 Å². The molecule has 0 unspecified atom stereocenters. The number of rotatable bonds is 8. The number of aromatic nitrogens is 5. The zero-order chi connectivity index (χ0) is 30.6. The molecule has 1 aliphatic heterocycles. The second-order valence-electron chi connectivity index (χ2n) is 12.1. The highest BCUT2D eigenvalue weighted by molar-refractivity contribution is 9.10. The topological polar surface area (TPSA) is 126 Å². The van der Waals surface area contributed by atoms with E-state index in [4.69, 9.17) is 0 Å². The number of benzene rings is 1. The van der Waals surface area contributed by atoms with E-state index in [1.165, 1.54) is 6.92 Å². The Bertz CT molecular complexity index is 1770. The molecule has 1 aromatic carbocycles. The van der Waals surface area contributed by atoms with E-state index < -0.39 is 6.04 Å². The zero-order valence-electron chi connectivity index (χ0n) is 24.8. The molecule has 2 amide bonds. The van der Waals surface area contributed by atoms with Crippen molar-refractivity contribution in [3.8, 4) is 11.1 Å². The Morgan fingerprint density at radius 2 is 1.84 bits per heavy atom. The van der Waals surface area contributed by atoms with Gasteiger partial charge in [0.25, 0.3) is 0 Å². The van der Waals surface area contributed by atoms with E-state index in [1.807, 2.05) is 56.3 Å². The Morgan fingerprint density at radius 1 is 1.09 bits per heavy atom. The molecule has 12 heteroatoms. The normalized spacial score (nSPS) is 20.9. The van der Waals surface area contributed by atoms with Gasteiger partial charge in [-0.25, -0.2) is 15.0 Å². The second-order valence-corrected chi connectivity index (χ2v) is 12.9. The number of carbonyl (C=O) groups is 3. The van der Waals surface area contributed by atoms with E-state index in [-0.39, 0.29) is 35.6 Å². The fourth-order valence-electron chi connectivity index (χ4n) is 6.09. The zero-order valence-corrected chi connectivity index (χ0v) is 26.3. The molecule has 4 heterocycles. The average molecular weight is 646 g/mol. The predicted molar refractivity (Wildman–Crippen MR) is 165 cm³/mol. The first kappa shape index (κ1) is 29.1. The Hall–Kier alpha value is -4.03. The largest absolute Gasteiger partial charge is 0.325 e. The first-order chi connectivity index (χ1) is 20.4. The number of piperidine rings is 1. The lowest BCUT2D eigenvalue weighted by Crippen LogP contribution is -2.47. The van der Waals surface area contributed by atoms with Crippen LogP contribution in [0.25, 0.3) is 22.0 Å². The molecule has 11 nitrogen and oxygen atoms in total. The van der Waals surface area contributed by atoms with Crippen molar-refractivity contribution in [1.29, 1.82) is 0 Å². The van der Waals surface area contributed by atoms with Gasteiger partial charge in [-0.1, -0.05) is 19.1 Å². The molecule has 3 atom stereocenters. The SMILES string of the molecule is CC(=O)c1nn(CC(=O)N2[C@H](C(=O)Nc3nc(Br)ccc3CN(C)C)C[C@@]3(C)C[C@@H]23)c2ccc(-c3cnc(C)nc3)cc12. The number of fused-ring (bicyclic) bond motifs is 2. The molecule has 1 saturated carbocycles. The van der Waals surface area contributed by atoms with Gasteiger partial charge in [-0.3, -0.25) is 19.1 Å². The van der Waals surface area contributed by atoms with Crippen LogP contribution in [0, 0.1) is 12.3 Å². The number of pyridine rings is 1. The summed E-state index contributed by atoms with van der Waals surface area (Å²) >= 11 is 3.41. The lowest BCUT2D eigenvalue weighted by molar-refractivity contribution is -0.138. The van der Waals surface area contributed by atoms with Crippen LogP contribution in [-0.2, 0) is 22.7 Å². The van der Waals surface area contributed by atoms with Crippen molar-refractivity contribution in [3.63, 3.8) is 0 Å². The standard InChI is InChI=1S/C31H33BrN8O3/c1-17(41)28-22-10-19(21-13-33-18(2)34-14-21)6-8-23(22)39(37-28)16-27(42)40-24(11-31(3)12-25(31)40)30(43)36-29-20(15-38(4)5)7-9-26(32)35-29/h6-10,13-14,24-25H,11-12,15-16H2,1-5H3,(H,35,36,43)/t24-,25+,31-/m0/s1. The lowest BCUT2D eigenvalue weighted by atomic mass is 10.0. The molecule has 4 aromatic rings. The molecule has 1 saturated heterocycles. The van der Waals surface area contributed by atoms with Gasteiger partial charge in [0.1, 0.15) is 34.5 Å². The second kappa shape index (κ2) is 10.9. The number of hydrogen-bond acceptors (Lipinski definition) is 8. The summed E-state index contributed by atoms with van der Waals surface area (Å²) < 4.78 is 2.19. The van der Waals surface area contributed by atoms with Crippen LogP contribution < -0.4 is 5.32 Å². The lowest BCUT2D eigenvalue weighted by Gasteiger charge is -2.27. The smallest absolute Gasteiger partial charge is 0.248 e. The maximum Gasteiger partial charge on any atom is 0.248 e. The van der Waals surface area contributed by atoms with Crippen LogP contribution in [0.15, 0.2) is 47.3 Å². The highest BCUT2D eigenvalue weighted by atomic mass is 79.9. The minimum Gasteiger partial charge on any atom is -0.325 e. The predicted octanol–water partition coefficient (Wildman–Crippen LogP) is 4.24. The van der Waals surface area contributed by atoms with Gasteiger partial charge in [-0.2, -0.15) is 5.10 Å². The third kappa shape index (κ3) is 5.56. The third-order valence-corrected chi connectivity index (χ3v) is 8.82. The number of hydrogen-bond donors (Lipinski definition) is 1. The number of likely N-dealkylation sites (tertiary alicyclic amines) is 1. The number of anilines is 1. The Kier molecular flexibility index (Phi) is 7.37. The summed E-state index contributed by atoms with van der Waals surface area (Å²) in [6.45, 7) is 5.92. The van der Waals surface area contributed by atoms with E-state index in [0.29, 0.717) is 45.8 Å². The first-order valence-corrected chi connectivity index (χ1v) is 15.0. The number of nitrogens with zero attached hydrogens (tertiary/aromatic N) is 7. The quantitative estimate of drug-likeness (QED) is 0.223. The van der Waals surface area contributed by atoms with Crippen molar-refractivity contribution >= 4 is 50.2 Å². The molecule has 0 spiro atoms. The van der Waals surface area contributed by atoms with Gasteiger partial charge in [0.05, 0.1) is 5.52 Å². The fraction of sp³-hybridized carbons (Fsp3) is 0.387. The highest BCUT2D eigenvalue weighted by Gasteiger charge is 2.64. The van der Waals surface area contributed by atoms with Gasteiger partial charge in [0.2, 0.25) is 11.8 Å². The van der Waals surface area contributed by atoms with Crippen molar-refractivity contribution in [1.82, 2.24) is 34.5 Å². The van der Waals surface area contributed by atoms with Crippen LogP contribution in [0.2, 0.25) is 0 Å². The van der Waals surface area contributed by atoms with Crippen molar-refractivity contribution in [2.45, 2.75) is 58.8 Å². The maximum atomic E-state index is 13.9. The summed E-state index contributed by atoms with van der Waals surface area (Å²) in [4.78, 5) is 57.0. The minimum atomic E-state index is -0.633. The summed E-state index contributed by atoms with van der Waals surface area (Å²) in [5.74, 6) is 0.481. The van der Waals surface area contributed by atoms with E-state index >= 15 is 0 Å². The van der Waals surface area contributed by atoms with Crippen LogP contribution >= 0.6 is 15.9 Å². The van der Waals surface area contributed by atoms with E-state index in [1.54, 1.807) is 22.0 Å². The number of aryl methyl sites for hydroxylation is 1. The van der Waals surface area contributed by atoms with Gasteiger partial charge in [-0.15, -0.1) is 0 Å². The van der Waals surface area contributed by atoms with Gasteiger partial charge in [0.15, 0.2) is 5.78 Å². The number of halogens is 1. The van der Waals surface area contributed by atoms with Gasteiger partial charge < -0.3 is 15.1 Å². The van der Waals surface area contributed by atoms with E-state index in [9.17, 15) is 14.4 Å². The molecular formula is C31H33BrN8O3. The molecule has 0 radical (unpaired) electrons. The molecule has 6 rings (SSSR count). The summed E-state index contributed by atoms with van der Waals surface area (Å²) in [6.07, 6.45) is 4.91. The summed E-state index contributed by atoms with van der Waals surface area (Å²) in [5.41, 5.74) is 3.40. The van der Waals surface area contributed by atoms with Crippen LogP contribution in [0.3, 0.4) is 0 Å². The Labute approximate surface area is 257 Å². The van der Waals surface area contributed by atoms with Crippen molar-refractivity contribution in [3.05, 3.63) is 64.4 Å². The summed E-state index contributed by atoms with van der Waals surface area (Å²) in [6, 6.07) is 8.77. The van der Waals surface area contributed by atoms with Gasteiger partial charge >= 0.3 is 0 Å². The highest BCUT2D eigenvalue weighted by Crippen LogP contribution is 2.59. The Balaban J connectivity index is 1.27. The number of carbonyl (C=O) groups excluding carboxylic acids is 3. The Morgan fingerprint density at radius 3 is 2.53 bits per heavy atom. The first-order valence-electron chi connectivity index (χ1n) is 14.2. The molecule has 1 N–H and O–H groups in total. The number of ketones is 1. The van der Waals surface area contributed by atoms with Gasteiger partial charge in [-0.05, 0) is 79.0 Å². The van der Waals surface area contributed by atoms with Crippen LogP contribution in [0.1, 0.15) is 48.6 Å². The summed E-state index contributed by atoms with van der Waals surface area (Å²) in [7, 11) is 3.90. The summed E-state index contributed by atoms with van der Waals surface area (Å²) in [5, 5.41) is 8.21. The van der Waals surface area contributed by atoms with E-state index in [0.717, 1.165) is 23.1 Å².